The van der Waals surface area contributed by atoms with Gasteiger partial charge in [0.25, 0.3) is 5.91 Å². The number of benzene rings is 2. The number of piperazine rings is 1. The lowest BCUT2D eigenvalue weighted by Gasteiger charge is -2.34. The molecule has 0 radical (unpaired) electrons. The van der Waals surface area contributed by atoms with Crippen LogP contribution in [0.15, 0.2) is 48.5 Å². The molecule has 0 spiro atoms. The smallest absolute Gasteiger partial charge is 0.277 e. The van der Waals surface area contributed by atoms with Gasteiger partial charge in [-0.2, -0.15) is 0 Å². The van der Waals surface area contributed by atoms with Gasteiger partial charge in [0.2, 0.25) is 0 Å². The lowest BCUT2D eigenvalue weighted by atomic mass is 10.1. The molecular weight excluding hydrogens is 350 g/mol. The van der Waals surface area contributed by atoms with Gasteiger partial charge in [-0.05, 0) is 43.7 Å². The molecular formula is C23H30N3O2+. The Morgan fingerprint density at radius 3 is 2.18 bits per heavy atom. The molecule has 0 unspecified atom stereocenters. The average Bonchev–Trinajstić information content (AvgIpc) is 2.70. The minimum Gasteiger partial charge on any atom is -0.360 e. The highest BCUT2D eigenvalue weighted by Gasteiger charge is 2.24. The van der Waals surface area contributed by atoms with Gasteiger partial charge >= 0.3 is 0 Å². The number of nitrogens with zero attached hydrogens (tertiary/aromatic N) is 2. The number of rotatable bonds is 6. The topological polar surface area (TPSA) is 45.1 Å². The molecule has 1 fully saturated rings. The predicted molar refractivity (Wildman–Crippen MR) is 112 cm³/mol. The number of ketones is 1. The Balaban J connectivity index is 1.47. The summed E-state index contributed by atoms with van der Waals surface area (Å²) in [6, 6.07) is 16.2. The van der Waals surface area contributed by atoms with E-state index in [1.807, 2.05) is 36.2 Å². The molecule has 0 aromatic heterocycles. The zero-order chi connectivity index (χ0) is 20.1. The maximum atomic E-state index is 12.6. The summed E-state index contributed by atoms with van der Waals surface area (Å²) in [6.07, 6.45) is 0. The molecule has 1 amide bonds. The first-order valence-electron chi connectivity index (χ1n) is 9.91. The number of quaternary nitrogens is 1. The molecule has 2 aromatic carbocycles. The molecule has 0 bridgehead atoms. The number of carbonyl (C=O) groups is 2. The van der Waals surface area contributed by atoms with Gasteiger partial charge < -0.3 is 14.7 Å². The number of anilines is 1. The van der Waals surface area contributed by atoms with Crippen molar-refractivity contribution < 1.29 is 14.5 Å². The van der Waals surface area contributed by atoms with Gasteiger partial charge in [-0.3, -0.25) is 9.59 Å². The normalized spacial score (nSPS) is 14.8. The van der Waals surface area contributed by atoms with Crippen LogP contribution in [0.1, 0.15) is 28.4 Å². The number of likely N-dealkylation sites (N-methyl/N-ethyl adjacent to an activating group) is 1. The van der Waals surface area contributed by atoms with E-state index in [9.17, 15) is 9.59 Å². The monoisotopic (exact) mass is 380 g/mol. The van der Waals surface area contributed by atoms with E-state index in [2.05, 4.69) is 36.1 Å². The SMILES string of the molecule is CC(=O)c1ccc(N2CC[NH+](CC(=O)N(C)Cc3ccc(C)cc3)CC2)cc1. The van der Waals surface area contributed by atoms with Crippen LogP contribution in [0.25, 0.3) is 0 Å². The third-order valence-electron chi connectivity index (χ3n) is 5.48. The fraction of sp³-hybridized carbons (Fsp3) is 0.391. The molecule has 1 aliphatic rings. The van der Waals surface area contributed by atoms with Crippen molar-refractivity contribution in [1.29, 1.82) is 0 Å². The van der Waals surface area contributed by atoms with Crippen LogP contribution in [0.4, 0.5) is 5.69 Å². The lowest BCUT2D eigenvalue weighted by molar-refractivity contribution is -0.892. The van der Waals surface area contributed by atoms with E-state index >= 15 is 0 Å². The number of nitrogens with one attached hydrogen (secondary N) is 1. The van der Waals surface area contributed by atoms with Crippen LogP contribution < -0.4 is 9.80 Å². The van der Waals surface area contributed by atoms with Crippen LogP contribution in [0.5, 0.6) is 0 Å². The predicted octanol–water partition coefficient (Wildman–Crippen LogP) is 1.56. The van der Waals surface area contributed by atoms with Crippen LogP contribution in [-0.4, -0.2) is 56.4 Å². The zero-order valence-electron chi connectivity index (χ0n) is 17.1. The molecule has 28 heavy (non-hydrogen) atoms. The molecule has 2 aromatic rings. The van der Waals surface area contributed by atoms with Crippen LogP contribution in [0, 0.1) is 6.92 Å². The molecule has 5 heteroatoms. The van der Waals surface area contributed by atoms with Gasteiger partial charge in [-0.15, -0.1) is 0 Å². The summed E-state index contributed by atoms with van der Waals surface area (Å²) in [4.78, 5) is 29.5. The van der Waals surface area contributed by atoms with E-state index in [-0.39, 0.29) is 11.7 Å². The Bertz CT molecular complexity index is 807. The third kappa shape index (κ3) is 5.20. The van der Waals surface area contributed by atoms with Crippen molar-refractivity contribution in [3.05, 3.63) is 65.2 Å². The summed E-state index contributed by atoms with van der Waals surface area (Å²) in [5.74, 6) is 0.281. The first kappa shape index (κ1) is 20.1. The molecule has 148 valence electrons. The third-order valence-corrected chi connectivity index (χ3v) is 5.48. The molecule has 0 saturated carbocycles. The van der Waals surface area contributed by atoms with Crippen molar-refractivity contribution in [1.82, 2.24) is 4.90 Å². The fourth-order valence-electron chi connectivity index (χ4n) is 3.57. The van der Waals surface area contributed by atoms with Gasteiger partial charge in [0, 0.05) is 24.8 Å². The number of hydrogen-bond acceptors (Lipinski definition) is 3. The van der Waals surface area contributed by atoms with E-state index in [0.29, 0.717) is 13.1 Å². The maximum Gasteiger partial charge on any atom is 0.277 e. The van der Waals surface area contributed by atoms with Crippen molar-refractivity contribution in [2.75, 3.05) is 44.7 Å². The number of carbonyl (C=O) groups excluding carboxylic acids is 2. The van der Waals surface area contributed by atoms with E-state index in [4.69, 9.17) is 0 Å². The molecule has 0 atom stereocenters. The second kappa shape index (κ2) is 9.02. The summed E-state index contributed by atoms with van der Waals surface area (Å²) in [5.41, 5.74) is 4.29. The summed E-state index contributed by atoms with van der Waals surface area (Å²) >= 11 is 0. The zero-order valence-corrected chi connectivity index (χ0v) is 17.1. The van der Waals surface area contributed by atoms with Gasteiger partial charge in [-0.25, -0.2) is 0 Å². The number of amides is 1. The number of Topliss-reactive ketones (excluding diaryl/α,β-unsaturated/α-hetero) is 1. The largest absolute Gasteiger partial charge is 0.360 e. The Kier molecular flexibility index (Phi) is 6.47. The Hall–Kier alpha value is -2.66. The van der Waals surface area contributed by atoms with E-state index in [0.717, 1.165) is 43.0 Å². The average molecular weight is 381 g/mol. The molecule has 1 heterocycles. The van der Waals surface area contributed by atoms with Gasteiger partial charge in [0.05, 0.1) is 26.2 Å². The first-order chi connectivity index (χ1) is 13.4. The summed E-state index contributed by atoms with van der Waals surface area (Å²) in [5, 5.41) is 0. The van der Waals surface area contributed by atoms with E-state index in [1.54, 1.807) is 6.92 Å². The van der Waals surface area contributed by atoms with Crippen molar-refractivity contribution in [2.24, 2.45) is 0 Å². The van der Waals surface area contributed by atoms with Gasteiger partial charge in [0.15, 0.2) is 12.3 Å². The van der Waals surface area contributed by atoms with Crippen molar-refractivity contribution >= 4 is 17.4 Å². The highest BCUT2D eigenvalue weighted by molar-refractivity contribution is 5.94. The Morgan fingerprint density at radius 2 is 1.61 bits per heavy atom. The fourth-order valence-corrected chi connectivity index (χ4v) is 3.57. The highest BCUT2D eigenvalue weighted by atomic mass is 16.2. The Morgan fingerprint density at radius 1 is 1.00 bits per heavy atom. The number of hydrogen-bond donors (Lipinski definition) is 1. The van der Waals surface area contributed by atoms with Crippen molar-refractivity contribution in [3.63, 3.8) is 0 Å². The summed E-state index contributed by atoms with van der Waals surface area (Å²) in [6.45, 7) is 8.58. The van der Waals surface area contributed by atoms with Crippen molar-refractivity contribution in [3.8, 4) is 0 Å². The van der Waals surface area contributed by atoms with Crippen molar-refractivity contribution in [2.45, 2.75) is 20.4 Å². The van der Waals surface area contributed by atoms with Crippen LogP contribution in [0.2, 0.25) is 0 Å². The summed E-state index contributed by atoms with van der Waals surface area (Å²) in [7, 11) is 1.88. The van der Waals surface area contributed by atoms with E-state index < -0.39 is 0 Å². The van der Waals surface area contributed by atoms with Gasteiger partial charge in [-0.1, -0.05) is 29.8 Å². The molecule has 1 saturated heterocycles. The highest BCUT2D eigenvalue weighted by Crippen LogP contribution is 2.15. The molecule has 0 aliphatic carbocycles. The van der Waals surface area contributed by atoms with E-state index in [1.165, 1.54) is 10.5 Å². The minimum atomic E-state index is 0.0917. The second-order valence-corrected chi connectivity index (χ2v) is 7.75. The second-order valence-electron chi connectivity index (χ2n) is 7.75. The Labute approximate surface area is 167 Å². The van der Waals surface area contributed by atoms with Gasteiger partial charge in [0.1, 0.15) is 0 Å². The number of aryl methyl sites for hydroxylation is 1. The van der Waals surface area contributed by atoms with Crippen LogP contribution >= 0.6 is 0 Å². The molecule has 1 N–H and O–H groups in total. The maximum absolute atomic E-state index is 12.6. The molecule has 1 aliphatic heterocycles. The molecule has 5 nitrogen and oxygen atoms in total. The minimum absolute atomic E-state index is 0.0917. The lowest BCUT2D eigenvalue weighted by Crippen LogP contribution is -3.15. The van der Waals surface area contributed by atoms with Crippen LogP contribution in [0.3, 0.4) is 0 Å². The summed E-state index contributed by atoms with van der Waals surface area (Å²) < 4.78 is 0. The molecule has 3 rings (SSSR count). The quantitative estimate of drug-likeness (QED) is 0.774. The standard InChI is InChI=1S/C23H29N3O2/c1-18-4-6-20(7-5-18)16-24(3)23(28)17-25-12-14-26(15-13-25)22-10-8-21(9-11-22)19(2)27/h4-11H,12-17H2,1-3H3/p+1. The first-order valence-corrected chi connectivity index (χ1v) is 9.91. The van der Waals surface area contributed by atoms with Crippen LogP contribution in [-0.2, 0) is 11.3 Å².